The summed E-state index contributed by atoms with van der Waals surface area (Å²) < 4.78 is 2.02. The fraction of sp³-hybridized carbons (Fsp3) is 0.643. The van der Waals surface area contributed by atoms with Gasteiger partial charge in [-0.1, -0.05) is 41.5 Å². The minimum Gasteiger partial charge on any atom is -0.477 e. The van der Waals surface area contributed by atoms with E-state index < -0.39 is 14.2 Å². The summed E-state index contributed by atoms with van der Waals surface area (Å²) in [5, 5.41) is 9.47. The Morgan fingerprint density at radius 3 is 1.89 bits per heavy atom. The molecule has 0 amide bonds. The molecule has 0 radical (unpaired) electrons. The van der Waals surface area contributed by atoms with Crippen LogP contribution in [0.2, 0.25) is 16.6 Å². The number of aromatic nitrogens is 1. The Morgan fingerprint density at radius 1 is 1.16 bits per heavy atom. The maximum absolute atomic E-state index is 11.5. The van der Waals surface area contributed by atoms with Crippen molar-refractivity contribution in [3.63, 3.8) is 0 Å². The lowest BCUT2D eigenvalue weighted by molar-refractivity contribution is 0.0690. The zero-order chi connectivity index (χ0) is 15.0. The standard InChI is InChI=1S/C14H26N2O2Si/c1-9(2)19(10(3)4,11(5)6)16-8-7-12(15)13(16)14(17)18/h7-11H,15H2,1-6H3,(H,17,18). The zero-order valence-corrected chi connectivity index (χ0v) is 13.8. The van der Waals surface area contributed by atoms with Crippen LogP contribution in [0.4, 0.5) is 5.69 Å². The van der Waals surface area contributed by atoms with E-state index in [1.165, 1.54) is 0 Å². The summed E-state index contributed by atoms with van der Waals surface area (Å²) in [4.78, 5) is 11.5. The predicted molar refractivity (Wildman–Crippen MR) is 82.2 cm³/mol. The van der Waals surface area contributed by atoms with Gasteiger partial charge in [-0.15, -0.1) is 0 Å². The summed E-state index contributed by atoms with van der Waals surface area (Å²) in [5.41, 5.74) is 7.82. The van der Waals surface area contributed by atoms with Crippen molar-refractivity contribution in [1.82, 2.24) is 4.23 Å². The molecule has 1 aromatic rings. The Hall–Kier alpha value is -1.23. The minimum absolute atomic E-state index is 0.266. The molecule has 0 aromatic carbocycles. The van der Waals surface area contributed by atoms with Crippen LogP contribution in [0.5, 0.6) is 0 Å². The SMILES string of the molecule is CC(C)[Si](C(C)C)(C(C)C)n1ccc(N)c1C(=O)O. The van der Waals surface area contributed by atoms with Gasteiger partial charge < -0.3 is 15.1 Å². The van der Waals surface area contributed by atoms with E-state index in [1.54, 1.807) is 6.07 Å². The number of nitrogen functional groups attached to an aromatic ring is 1. The highest BCUT2D eigenvalue weighted by Gasteiger charge is 2.46. The lowest BCUT2D eigenvalue weighted by atomic mass is 10.4. The second-order valence-electron chi connectivity index (χ2n) is 6.15. The lowest BCUT2D eigenvalue weighted by Gasteiger charge is -2.44. The van der Waals surface area contributed by atoms with Crippen LogP contribution in [0.25, 0.3) is 0 Å². The van der Waals surface area contributed by atoms with Crippen molar-refractivity contribution in [2.75, 3.05) is 5.73 Å². The Morgan fingerprint density at radius 2 is 1.58 bits per heavy atom. The van der Waals surface area contributed by atoms with Gasteiger partial charge in [0, 0.05) is 0 Å². The van der Waals surface area contributed by atoms with Crippen LogP contribution < -0.4 is 5.73 Å². The summed E-state index contributed by atoms with van der Waals surface area (Å²) in [7, 11) is -2.03. The number of anilines is 1. The van der Waals surface area contributed by atoms with Gasteiger partial charge in [0.05, 0.1) is 5.69 Å². The number of nitrogens with zero attached hydrogens (tertiary/aromatic N) is 1. The highest BCUT2D eigenvalue weighted by Crippen LogP contribution is 2.43. The van der Waals surface area contributed by atoms with Gasteiger partial charge in [0.15, 0.2) is 8.24 Å². The molecule has 0 bridgehead atoms. The average Bonchev–Trinajstić information content (AvgIpc) is 2.59. The van der Waals surface area contributed by atoms with Gasteiger partial charge in [-0.05, 0) is 28.9 Å². The summed E-state index contributed by atoms with van der Waals surface area (Å²) in [5.74, 6) is -0.929. The molecule has 0 atom stereocenters. The van der Waals surface area contributed by atoms with Crippen LogP contribution >= 0.6 is 0 Å². The van der Waals surface area contributed by atoms with Crippen molar-refractivity contribution in [3.8, 4) is 0 Å². The Labute approximate surface area is 116 Å². The third kappa shape index (κ3) is 2.31. The molecular formula is C14H26N2O2Si. The van der Waals surface area contributed by atoms with Gasteiger partial charge in [-0.3, -0.25) is 0 Å². The molecule has 3 N–H and O–H groups in total. The van der Waals surface area contributed by atoms with E-state index in [-0.39, 0.29) is 5.69 Å². The summed E-state index contributed by atoms with van der Waals surface area (Å²) >= 11 is 0. The van der Waals surface area contributed by atoms with Crippen molar-refractivity contribution >= 4 is 19.9 Å². The summed E-state index contributed by atoms with van der Waals surface area (Å²) in [6, 6.07) is 1.72. The summed E-state index contributed by atoms with van der Waals surface area (Å²) in [6.45, 7) is 13.2. The zero-order valence-electron chi connectivity index (χ0n) is 12.8. The fourth-order valence-electron chi connectivity index (χ4n) is 3.83. The Kier molecular flexibility index (Phi) is 4.50. The third-order valence-corrected chi connectivity index (χ3v) is 11.1. The van der Waals surface area contributed by atoms with Gasteiger partial charge in [0.1, 0.15) is 5.69 Å². The highest BCUT2D eigenvalue weighted by atomic mass is 28.3. The molecule has 108 valence electrons. The minimum atomic E-state index is -2.03. The third-order valence-electron chi connectivity index (χ3n) is 4.31. The van der Waals surface area contributed by atoms with Crippen molar-refractivity contribution in [3.05, 3.63) is 18.0 Å². The molecule has 4 nitrogen and oxygen atoms in total. The maximum atomic E-state index is 11.5. The Balaban J connectivity index is 3.63. The van der Waals surface area contributed by atoms with Gasteiger partial charge in [-0.2, -0.15) is 0 Å². The van der Waals surface area contributed by atoms with Crippen LogP contribution in [-0.2, 0) is 0 Å². The lowest BCUT2D eigenvalue weighted by Crippen LogP contribution is -2.52. The smallest absolute Gasteiger partial charge is 0.353 e. The van der Waals surface area contributed by atoms with E-state index in [1.807, 2.05) is 10.4 Å². The van der Waals surface area contributed by atoms with E-state index in [4.69, 9.17) is 5.73 Å². The number of nitrogens with two attached hydrogens (primary N) is 1. The molecule has 1 aromatic heterocycles. The van der Waals surface area contributed by atoms with Crippen LogP contribution in [-0.4, -0.2) is 23.5 Å². The second-order valence-corrected chi connectivity index (χ2v) is 11.9. The number of carboxylic acids is 1. The van der Waals surface area contributed by atoms with E-state index >= 15 is 0 Å². The maximum Gasteiger partial charge on any atom is 0.353 e. The topological polar surface area (TPSA) is 68.2 Å². The molecule has 19 heavy (non-hydrogen) atoms. The van der Waals surface area contributed by atoms with Gasteiger partial charge in [0.25, 0.3) is 0 Å². The molecule has 0 aliphatic heterocycles. The predicted octanol–water partition coefficient (Wildman–Crippen LogP) is 3.79. The van der Waals surface area contributed by atoms with E-state index in [9.17, 15) is 9.90 Å². The number of rotatable bonds is 5. The normalized spacial score (nSPS) is 12.7. The highest BCUT2D eigenvalue weighted by molar-refractivity contribution is 6.82. The van der Waals surface area contributed by atoms with Crippen LogP contribution in [0.3, 0.4) is 0 Å². The molecule has 5 heteroatoms. The molecule has 0 saturated carbocycles. The van der Waals surface area contributed by atoms with Crippen LogP contribution in [0.1, 0.15) is 52.0 Å². The van der Waals surface area contributed by atoms with E-state index in [0.717, 1.165) is 0 Å². The molecule has 0 aliphatic carbocycles. The van der Waals surface area contributed by atoms with Crippen molar-refractivity contribution in [2.24, 2.45) is 0 Å². The molecule has 0 aliphatic rings. The molecule has 0 unspecified atom stereocenters. The first-order valence-corrected chi connectivity index (χ1v) is 9.05. The molecule has 0 spiro atoms. The first-order valence-electron chi connectivity index (χ1n) is 6.87. The number of aromatic carboxylic acids is 1. The van der Waals surface area contributed by atoms with Crippen LogP contribution in [0, 0.1) is 0 Å². The monoisotopic (exact) mass is 282 g/mol. The van der Waals surface area contributed by atoms with Crippen LogP contribution in [0.15, 0.2) is 12.3 Å². The Bertz CT molecular complexity index is 442. The van der Waals surface area contributed by atoms with E-state index in [0.29, 0.717) is 22.3 Å². The first-order chi connectivity index (χ1) is 8.67. The quantitative estimate of drug-likeness (QED) is 0.807. The van der Waals surface area contributed by atoms with Crippen molar-refractivity contribution in [1.29, 1.82) is 0 Å². The number of carbonyl (C=O) groups is 1. The molecule has 1 rings (SSSR count). The average molecular weight is 282 g/mol. The van der Waals surface area contributed by atoms with Gasteiger partial charge >= 0.3 is 5.97 Å². The summed E-state index contributed by atoms with van der Waals surface area (Å²) in [6.07, 6.45) is 1.88. The van der Waals surface area contributed by atoms with Crippen molar-refractivity contribution in [2.45, 2.75) is 58.2 Å². The van der Waals surface area contributed by atoms with Gasteiger partial charge in [-0.25, -0.2) is 4.79 Å². The van der Waals surface area contributed by atoms with Crippen molar-refractivity contribution < 1.29 is 9.90 Å². The second kappa shape index (κ2) is 5.41. The molecule has 0 saturated heterocycles. The number of hydrogen-bond acceptors (Lipinski definition) is 2. The fourth-order valence-corrected chi connectivity index (χ4v) is 10.4. The molecule has 1 heterocycles. The number of carboxylic acid groups (broad SMARTS) is 1. The molecule has 0 fully saturated rings. The van der Waals surface area contributed by atoms with E-state index in [2.05, 4.69) is 41.5 Å². The first kappa shape index (κ1) is 15.8. The number of hydrogen-bond donors (Lipinski definition) is 2. The van der Waals surface area contributed by atoms with Gasteiger partial charge in [0.2, 0.25) is 0 Å². The molecular weight excluding hydrogens is 256 g/mol. The largest absolute Gasteiger partial charge is 0.477 e.